The van der Waals surface area contributed by atoms with Crippen LogP contribution in [0.4, 0.5) is 0 Å². The van der Waals surface area contributed by atoms with Gasteiger partial charge in [0.2, 0.25) is 0 Å². The van der Waals surface area contributed by atoms with Crippen molar-refractivity contribution in [2.45, 2.75) is 38.1 Å². The van der Waals surface area contributed by atoms with Gasteiger partial charge in [-0.05, 0) is 53.7 Å². The Balaban J connectivity index is 1.66. The molecule has 0 bridgehead atoms. The van der Waals surface area contributed by atoms with Gasteiger partial charge in [-0.1, -0.05) is 12.1 Å². The third kappa shape index (κ3) is 2.89. The summed E-state index contributed by atoms with van der Waals surface area (Å²) in [5, 5.41) is 0. The molecule has 0 unspecified atom stereocenters. The van der Waals surface area contributed by atoms with Crippen LogP contribution in [-0.2, 0) is 0 Å². The molecule has 3 atom stereocenters. The molecule has 0 spiro atoms. The van der Waals surface area contributed by atoms with Crippen LogP contribution in [0.5, 0.6) is 5.75 Å². The number of para-hydroxylation sites is 1. The molecule has 2 saturated heterocycles. The second-order valence-corrected chi connectivity index (χ2v) is 7.49. The Morgan fingerprint density at radius 3 is 2.80 bits per heavy atom. The Labute approximate surface area is 130 Å². The first kappa shape index (κ1) is 14.4. The standard InChI is InChI=1S/C17H25BrNO/c1-19-11-5-4-9-16(19)14(7-6-12-19)13-20-17-10-3-2-8-15(17)18/h2-3,8,10,14,16H,4-7,9,11-13H2,1H3/q+1/t14-,16+,19-/m1/s1. The lowest BCUT2D eigenvalue weighted by Gasteiger charge is -2.51. The van der Waals surface area contributed by atoms with E-state index in [2.05, 4.69) is 35.1 Å². The van der Waals surface area contributed by atoms with E-state index < -0.39 is 0 Å². The van der Waals surface area contributed by atoms with Crippen LogP contribution < -0.4 is 4.74 Å². The van der Waals surface area contributed by atoms with Crippen molar-refractivity contribution in [3.63, 3.8) is 0 Å². The van der Waals surface area contributed by atoms with E-state index in [-0.39, 0.29) is 0 Å². The first-order chi connectivity index (χ1) is 9.69. The number of hydrogen-bond donors (Lipinski definition) is 0. The van der Waals surface area contributed by atoms with E-state index in [0.717, 1.165) is 28.8 Å². The van der Waals surface area contributed by atoms with Gasteiger partial charge in [0.25, 0.3) is 0 Å². The molecule has 20 heavy (non-hydrogen) atoms. The van der Waals surface area contributed by atoms with Crippen molar-refractivity contribution in [2.24, 2.45) is 5.92 Å². The number of halogens is 1. The van der Waals surface area contributed by atoms with Crippen LogP contribution in [0.3, 0.4) is 0 Å². The highest BCUT2D eigenvalue weighted by molar-refractivity contribution is 9.10. The second-order valence-electron chi connectivity index (χ2n) is 6.63. The predicted octanol–water partition coefficient (Wildman–Crippen LogP) is 4.24. The highest BCUT2D eigenvalue weighted by atomic mass is 79.9. The van der Waals surface area contributed by atoms with Gasteiger partial charge in [0, 0.05) is 12.3 Å². The van der Waals surface area contributed by atoms with E-state index in [1.807, 2.05) is 12.1 Å². The van der Waals surface area contributed by atoms with Crippen LogP contribution >= 0.6 is 15.9 Å². The molecule has 2 aliphatic heterocycles. The molecule has 0 saturated carbocycles. The number of nitrogens with zero attached hydrogens (tertiary/aromatic N) is 1. The molecular weight excluding hydrogens is 314 g/mol. The zero-order valence-electron chi connectivity index (χ0n) is 12.4. The summed E-state index contributed by atoms with van der Waals surface area (Å²) in [4.78, 5) is 0. The van der Waals surface area contributed by atoms with E-state index in [9.17, 15) is 0 Å². The number of benzene rings is 1. The Kier molecular flexibility index (Phi) is 4.37. The molecule has 3 heteroatoms. The van der Waals surface area contributed by atoms with Gasteiger partial charge in [-0.25, -0.2) is 0 Å². The van der Waals surface area contributed by atoms with Crippen LogP contribution in [-0.4, -0.2) is 37.3 Å². The normalized spacial score (nSPS) is 33.5. The molecule has 0 radical (unpaired) electrons. The second kappa shape index (κ2) is 6.07. The molecule has 110 valence electrons. The number of rotatable bonds is 3. The van der Waals surface area contributed by atoms with Gasteiger partial charge in [0.15, 0.2) is 0 Å². The largest absolute Gasteiger partial charge is 0.492 e. The van der Waals surface area contributed by atoms with E-state index in [1.165, 1.54) is 49.7 Å². The van der Waals surface area contributed by atoms with Crippen LogP contribution in [0.2, 0.25) is 0 Å². The van der Waals surface area contributed by atoms with Crippen molar-refractivity contribution >= 4 is 15.9 Å². The average Bonchev–Trinajstić information content (AvgIpc) is 2.45. The van der Waals surface area contributed by atoms with Crippen LogP contribution in [0.1, 0.15) is 32.1 Å². The highest BCUT2D eigenvalue weighted by Crippen LogP contribution is 2.36. The summed E-state index contributed by atoms with van der Waals surface area (Å²) < 4.78 is 8.48. The first-order valence-electron chi connectivity index (χ1n) is 7.91. The molecule has 1 aromatic carbocycles. The van der Waals surface area contributed by atoms with Gasteiger partial charge in [-0.3, -0.25) is 0 Å². The molecule has 0 aliphatic carbocycles. The topological polar surface area (TPSA) is 9.23 Å². The lowest BCUT2D eigenvalue weighted by Crippen LogP contribution is -2.61. The Hall–Kier alpha value is -0.540. The number of fused-ring (bicyclic) bond motifs is 1. The number of quaternary nitrogens is 1. The molecule has 2 heterocycles. The van der Waals surface area contributed by atoms with Crippen molar-refractivity contribution in [1.82, 2.24) is 0 Å². The van der Waals surface area contributed by atoms with E-state index in [4.69, 9.17) is 4.74 Å². The summed E-state index contributed by atoms with van der Waals surface area (Å²) in [7, 11) is 2.47. The van der Waals surface area contributed by atoms with Gasteiger partial charge in [-0.15, -0.1) is 0 Å². The minimum Gasteiger partial charge on any atom is -0.492 e. The molecule has 3 rings (SSSR count). The molecular formula is C17H25BrNO+. The van der Waals surface area contributed by atoms with Gasteiger partial charge < -0.3 is 9.22 Å². The maximum Gasteiger partial charge on any atom is 0.133 e. The minimum absolute atomic E-state index is 0.723. The number of piperidine rings is 2. The lowest BCUT2D eigenvalue weighted by molar-refractivity contribution is -0.947. The van der Waals surface area contributed by atoms with Gasteiger partial charge >= 0.3 is 0 Å². The molecule has 2 nitrogen and oxygen atoms in total. The fourth-order valence-electron chi connectivity index (χ4n) is 4.19. The smallest absolute Gasteiger partial charge is 0.133 e. The van der Waals surface area contributed by atoms with Crippen molar-refractivity contribution < 1.29 is 9.22 Å². The van der Waals surface area contributed by atoms with E-state index in [1.54, 1.807) is 0 Å². The molecule has 2 aliphatic rings. The van der Waals surface area contributed by atoms with Crippen molar-refractivity contribution in [2.75, 3.05) is 26.7 Å². The molecule has 1 aromatic rings. The van der Waals surface area contributed by atoms with E-state index >= 15 is 0 Å². The average molecular weight is 339 g/mol. The maximum absolute atomic E-state index is 6.11. The van der Waals surface area contributed by atoms with Gasteiger partial charge in [0.05, 0.1) is 37.3 Å². The van der Waals surface area contributed by atoms with Crippen LogP contribution in [0.25, 0.3) is 0 Å². The van der Waals surface area contributed by atoms with Crippen molar-refractivity contribution in [3.8, 4) is 5.75 Å². The third-order valence-electron chi connectivity index (χ3n) is 5.30. The quantitative estimate of drug-likeness (QED) is 0.749. The summed E-state index contributed by atoms with van der Waals surface area (Å²) in [5.74, 6) is 1.71. The highest BCUT2D eigenvalue weighted by Gasteiger charge is 2.43. The van der Waals surface area contributed by atoms with Crippen molar-refractivity contribution in [3.05, 3.63) is 28.7 Å². The van der Waals surface area contributed by atoms with Crippen molar-refractivity contribution in [1.29, 1.82) is 0 Å². The maximum atomic E-state index is 6.11. The molecule has 0 amide bonds. The summed E-state index contributed by atoms with van der Waals surface area (Å²) in [5.41, 5.74) is 0. The predicted molar refractivity (Wildman–Crippen MR) is 85.9 cm³/mol. The molecule has 0 N–H and O–H groups in total. The zero-order chi connectivity index (χ0) is 14.0. The summed E-state index contributed by atoms with van der Waals surface area (Å²) in [6.07, 6.45) is 6.90. The SMILES string of the molecule is C[N@+]12CCCC[C@H]1[C@@H](COc1ccccc1Br)CCC2. The summed E-state index contributed by atoms with van der Waals surface area (Å²) in [6, 6.07) is 9.01. The molecule has 0 aromatic heterocycles. The third-order valence-corrected chi connectivity index (χ3v) is 5.95. The summed E-state index contributed by atoms with van der Waals surface area (Å²) >= 11 is 3.57. The monoisotopic (exact) mass is 338 g/mol. The van der Waals surface area contributed by atoms with Gasteiger partial charge in [0.1, 0.15) is 5.75 Å². The Bertz CT molecular complexity index is 460. The lowest BCUT2D eigenvalue weighted by atomic mass is 9.82. The zero-order valence-corrected chi connectivity index (χ0v) is 13.9. The summed E-state index contributed by atoms with van der Waals surface area (Å²) in [6.45, 7) is 3.62. The Morgan fingerprint density at radius 1 is 1.15 bits per heavy atom. The number of ether oxygens (including phenoxy) is 1. The van der Waals surface area contributed by atoms with Crippen LogP contribution in [0, 0.1) is 5.92 Å². The Morgan fingerprint density at radius 2 is 1.95 bits per heavy atom. The number of hydrogen-bond acceptors (Lipinski definition) is 1. The van der Waals surface area contributed by atoms with Crippen LogP contribution in [0.15, 0.2) is 28.7 Å². The first-order valence-corrected chi connectivity index (χ1v) is 8.70. The fourth-order valence-corrected chi connectivity index (χ4v) is 4.59. The van der Waals surface area contributed by atoms with Gasteiger partial charge in [-0.2, -0.15) is 0 Å². The van der Waals surface area contributed by atoms with E-state index in [0.29, 0.717) is 0 Å². The fraction of sp³-hybridized carbons (Fsp3) is 0.647. The molecule has 2 fully saturated rings. The minimum atomic E-state index is 0.723.